The Labute approximate surface area is 125 Å². The van der Waals surface area contributed by atoms with Gasteiger partial charge in [0, 0.05) is 18.5 Å². The first-order valence-corrected chi connectivity index (χ1v) is 7.25. The maximum absolute atomic E-state index is 12.5. The smallest absolute Gasteiger partial charge is 0.241 e. The van der Waals surface area contributed by atoms with Crippen molar-refractivity contribution in [2.75, 3.05) is 38.2 Å². The number of carbonyl (C=O) groups excluding carboxylic acids is 1. The van der Waals surface area contributed by atoms with Crippen molar-refractivity contribution in [2.45, 2.75) is 6.92 Å². The van der Waals surface area contributed by atoms with Gasteiger partial charge in [0.25, 0.3) is 0 Å². The summed E-state index contributed by atoms with van der Waals surface area (Å²) >= 11 is 0. The molecular weight excluding hydrogens is 264 g/mol. The number of fused-ring (bicyclic) bond motifs is 1. The van der Waals surface area contributed by atoms with E-state index in [1.807, 2.05) is 49.2 Å². The molecular formula is C17H22N2O2. The first-order chi connectivity index (χ1) is 10.2. The van der Waals surface area contributed by atoms with Gasteiger partial charge in [-0.25, -0.2) is 0 Å². The predicted octanol–water partition coefficient (Wildman–Crippen LogP) is 2.12. The van der Waals surface area contributed by atoms with Crippen molar-refractivity contribution >= 4 is 22.4 Å². The van der Waals surface area contributed by atoms with E-state index in [0.717, 1.165) is 16.5 Å². The minimum absolute atomic E-state index is 0.0461. The summed E-state index contributed by atoms with van der Waals surface area (Å²) in [6.45, 7) is 3.46. The van der Waals surface area contributed by atoms with E-state index < -0.39 is 0 Å². The Hall–Kier alpha value is -1.91. The number of benzene rings is 2. The molecule has 0 atom stereocenters. The topological polar surface area (TPSA) is 43.8 Å². The van der Waals surface area contributed by atoms with Gasteiger partial charge in [0.05, 0.1) is 18.8 Å². The van der Waals surface area contributed by atoms with Crippen molar-refractivity contribution in [2.24, 2.45) is 0 Å². The molecule has 0 radical (unpaired) electrons. The maximum atomic E-state index is 12.5. The lowest BCUT2D eigenvalue weighted by Crippen LogP contribution is -2.39. The number of hydrogen-bond donors (Lipinski definition) is 1. The highest BCUT2D eigenvalue weighted by molar-refractivity contribution is 6.04. The molecule has 0 saturated carbocycles. The van der Waals surface area contributed by atoms with Crippen LogP contribution in [0.15, 0.2) is 42.5 Å². The van der Waals surface area contributed by atoms with E-state index in [9.17, 15) is 4.79 Å². The molecule has 2 rings (SSSR count). The molecule has 0 aromatic heterocycles. The van der Waals surface area contributed by atoms with Crippen LogP contribution in [0.4, 0.5) is 5.69 Å². The molecule has 2 aromatic rings. The SMILES string of the molecule is CCN(C(=O)CN(C)CCO)c1cccc2ccccc12. The third-order valence-electron chi connectivity index (χ3n) is 3.56. The number of aliphatic hydroxyl groups is 1. The van der Waals surface area contributed by atoms with E-state index >= 15 is 0 Å². The van der Waals surface area contributed by atoms with Crippen molar-refractivity contribution < 1.29 is 9.90 Å². The molecule has 0 saturated heterocycles. The fourth-order valence-corrected chi connectivity index (χ4v) is 2.49. The van der Waals surface area contributed by atoms with E-state index in [2.05, 4.69) is 12.1 Å². The Morgan fingerprint density at radius 2 is 1.86 bits per heavy atom. The summed E-state index contributed by atoms with van der Waals surface area (Å²) in [6, 6.07) is 14.1. The van der Waals surface area contributed by atoms with Crippen LogP contribution >= 0.6 is 0 Å². The standard InChI is InChI=1S/C17H22N2O2/c1-3-19(17(21)13-18(2)11-12-20)16-10-6-8-14-7-4-5-9-15(14)16/h4-10,20H,3,11-13H2,1-2H3. The van der Waals surface area contributed by atoms with Gasteiger partial charge in [-0.2, -0.15) is 0 Å². The third-order valence-corrected chi connectivity index (χ3v) is 3.56. The van der Waals surface area contributed by atoms with Crippen LogP contribution in [0.1, 0.15) is 6.92 Å². The molecule has 0 aliphatic carbocycles. The van der Waals surface area contributed by atoms with Crippen LogP contribution in [0.3, 0.4) is 0 Å². The number of carbonyl (C=O) groups is 1. The Kier molecular flexibility index (Phi) is 5.31. The molecule has 0 unspecified atom stereocenters. The fraction of sp³-hybridized carbons (Fsp3) is 0.353. The van der Waals surface area contributed by atoms with E-state index in [0.29, 0.717) is 19.6 Å². The zero-order valence-corrected chi connectivity index (χ0v) is 12.6. The molecule has 0 spiro atoms. The monoisotopic (exact) mass is 286 g/mol. The number of anilines is 1. The minimum Gasteiger partial charge on any atom is -0.395 e. The summed E-state index contributed by atoms with van der Waals surface area (Å²) in [7, 11) is 1.84. The van der Waals surface area contributed by atoms with E-state index in [4.69, 9.17) is 5.11 Å². The lowest BCUT2D eigenvalue weighted by atomic mass is 10.1. The highest BCUT2D eigenvalue weighted by atomic mass is 16.3. The second kappa shape index (κ2) is 7.20. The second-order valence-electron chi connectivity index (χ2n) is 5.10. The molecule has 1 N–H and O–H groups in total. The first-order valence-electron chi connectivity index (χ1n) is 7.25. The summed E-state index contributed by atoms with van der Waals surface area (Å²) < 4.78 is 0. The summed E-state index contributed by atoms with van der Waals surface area (Å²) in [4.78, 5) is 16.1. The molecule has 4 heteroatoms. The van der Waals surface area contributed by atoms with E-state index in [-0.39, 0.29) is 12.5 Å². The Bertz CT molecular complexity index is 607. The van der Waals surface area contributed by atoms with E-state index in [1.54, 1.807) is 4.90 Å². The Morgan fingerprint density at radius 1 is 1.14 bits per heavy atom. The van der Waals surface area contributed by atoms with Gasteiger partial charge < -0.3 is 10.0 Å². The molecule has 1 amide bonds. The van der Waals surface area contributed by atoms with Gasteiger partial charge in [-0.3, -0.25) is 9.69 Å². The Morgan fingerprint density at radius 3 is 2.57 bits per heavy atom. The average Bonchev–Trinajstić information content (AvgIpc) is 2.48. The molecule has 0 heterocycles. The zero-order valence-electron chi connectivity index (χ0n) is 12.6. The van der Waals surface area contributed by atoms with Gasteiger partial charge >= 0.3 is 0 Å². The summed E-state index contributed by atoms with van der Waals surface area (Å²) in [5, 5.41) is 11.2. The van der Waals surface area contributed by atoms with Gasteiger partial charge in [0.1, 0.15) is 0 Å². The number of nitrogens with zero attached hydrogens (tertiary/aromatic N) is 2. The third kappa shape index (κ3) is 3.60. The highest BCUT2D eigenvalue weighted by Gasteiger charge is 2.17. The van der Waals surface area contributed by atoms with Gasteiger partial charge in [-0.05, 0) is 25.4 Å². The fourth-order valence-electron chi connectivity index (χ4n) is 2.49. The van der Waals surface area contributed by atoms with Crippen molar-refractivity contribution in [3.8, 4) is 0 Å². The van der Waals surface area contributed by atoms with Crippen LogP contribution in [-0.4, -0.2) is 49.2 Å². The first kappa shape index (κ1) is 15.5. The molecule has 0 bridgehead atoms. The average molecular weight is 286 g/mol. The number of rotatable bonds is 6. The summed E-state index contributed by atoms with van der Waals surface area (Å²) in [5.74, 6) is 0.0461. The summed E-state index contributed by atoms with van der Waals surface area (Å²) in [5.41, 5.74) is 0.943. The normalized spacial score (nSPS) is 11.0. The number of hydrogen-bond acceptors (Lipinski definition) is 3. The van der Waals surface area contributed by atoms with Gasteiger partial charge in [0.2, 0.25) is 5.91 Å². The van der Waals surface area contributed by atoms with Crippen molar-refractivity contribution in [3.05, 3.63) is 42.5 Å². The van der Waals surface area contributed by atoms with Gasteiger partial charge in [-0.1, -0.05) is 36.4 Å². The largest absolute Gasteiger partial charge is 0.395 e. The van der Waals surface area contributed by atoms with E-state index in [1.165, 1.54) is 0 Å². The van der Waals surface area contributed by atoms with Gasteiger partial charge in [-0.15, -0.1) is 0 Å². The molecule has 0 fully saturated rings. The second-order valence-corrected chi connectivity index (χ2v) is 5.10. The molecule has 112 valence electrons. The number of aliphatic hydroxyl groups excluding tert-OH is 1. The lowest BCUT2D eigenvalue weighted by Gasteiger charge is -2.25. The van der Waals surface area contributed by atoms with Crippen molar-refractivity contribution in [3.63, 3.8) is 0 Å². The van der Waals surface area contributed by atoms with Crippen LogP contribution in [0, 0.1) is 0 Å². The number of likely N-dealkylation sites (N-methyl/N-ethyl adjacent to an activating group) is 2. The predicted molar refractivity (Wildman–Crippen MR) is 86.6 cm³/mol. The van der Waals surface area contributed by atoms with Gasteiger partial charge in [0.15, 0.2) is 0 Å². The van der Waals surface area contributed by atoms with Crippen LogP contribution in [-0.2, 0) is 4.79 Å². The molecule has 0 aliphatic rings. The molecule has 2 aromatic carbocycles. The lowest BCUT2D eigenvalue weighted by molar-refractivity contribution is -0.119. The maximum Gasteiger partial charge on any atom is 0.241 e. The molecule has 4 nitrogen and oxygen atoms in total. The van der Waals surface area contributed by atoms with Crippen LogP contribution in [0.5, 0.6) is 0 Å². The molecule has 21 heavy (non-hydrogen) atoms. The van der Waals surface area contributed by atoms with Crippen LogP contribution < -0.4 is 4.90 Å². The Balaban J connectivity index is 2.29. The highest BCUT2D eigenvalue weighted by Crippen LogP contribution is 2.26. The van der Waals surface area contributed by atoms with Crippen molar-refractivity contribution in [1.82, 2.24) is 4.90 Å². The number of amides is 1. The van der Waals surface area contributed by atoms with Crippen molar-refractivity contribution in [1.29, 1.82) is 0 Å². The minimum atomic E-state index is 0.0461. The zero-order chi connectivity index (χ0) is 15.2. The van der Waals surface area contributed by atoms with Crippen LogP contribution in [0.25, 0.3) is 10.8 Å². The summed E-state index contributed by atoms with van der Waals surface area (Å²) in [6.07, 6.45) is 0. The molecule has 0 aliphatic heterocycles. The van der Waals surface area contributed by atoms with Crippen LogP contribution in [0.2, 0.25) is 0 Å². The quantitative estimate of drug-likeness (QED) is 0.884.